The summed E-state index contributed by atoms with van der Waals surface area (Å²) >= 11 is 0. The highest BCUT2D eigenvalue weighted by molar-refractivity contribution is 5.76. The Labute approximate surface area is 96.3 Å². The average Bonchev–Trinajstić information content (AvgIpc) is 2.17. The molecule has 0 heterocycles. The second kappa shape index (κ2) is 4.66. The van der Waals surface area contributed by atoms with Crippen molar-refractivity contribution >= 4 is 5.97 Å². The standard InChI is InChI=1S/C13H19NO2/c1-13(2,3)10-6-4-9(5-7-10)11(8-14)12(15)16/h4-7,11H,8,14H2,1-3H3,(H,15,16)/t11-/m1/s1. The number of carboxylic acids is 1. The molecule has 0 aliphatic rings. The lowest BCUT2D eigenvalue weighted by Crippen LogP contribution is -2.21. The molecule has 1 atom stereocenters. The first-order chi connectivity index (χ1) is 7.36. The van der Waals surface area contributed by atoms with Crippen LogP contribution in [0.5, 0.6) is 0 Å². The molecule has 1 aromatic carbocycles. The van der Waals surface area contributed by atoms with Gasteiger partial charge in [-0.1, -0.05) is 45.0 Å². The van der Waals surface area contributed by atoms with Crippen LogP contribution in [0.4, 0.5) is 0 Å². The molecule has 0 spiro atoms. The van der Waals surface area contributed by atoms with Crippen LogP contribution in [0.1, 0.15) is 37.8 Å². The average molecular weight is 221 g/mol. The van der Waals surface area contributed by atoms with Crippen molar-refractivity contribution < 1.29 is 9.90 Å². The van der Waals surface area contributed by atoms with Crippen molar-refractivity contribution in [2.24, 2.45) is 5.73 Å². The number of carbonyl (C=O) groups is 1. The Kier molecular flexibility index (Phi) is 3.70. The molecule has 0 fully saturated rings. The van der Waals surface area contributed by atoms with Gasteiger partial charge in [0.25, 0.3) is 0 Å². The van der Waals surface area contributed by atoms with Gasteiger partial charge in [-0.15, -0.1) is 0 Å². The van der Waals surface area contributed by atoms with E-state index in [-0.39, 0.29) is 12.0 Å². The van der Waals surface area contributed by atoms with Crippen LogP contribution in [0.3, 0.4) is 0 Å². The third-order valence-electron chi connectivity index (χ3n) is 2.71. The van der Waals surface area contributed by atoms with Crippen LogP contribution in [-0.2, 0) is 10.2 Å². The van der Waals surface area contributed by atoms with E-state index in [2.05, 4.69) is 20.8 Å². The number of hydrogen-bond acceptors (Lipinski definition) is 2. The molecule has 3 nitrogen and oxygen atoms in total. The molecule has 88 valence electrons. The predicted molar refractivity (Wildman–Crippen MR) is 64.6 cm³/mol. The van der Waals surface area contributed by atoms with Gasteiger partial charge in [-0.2, -0.15) is 0 Å². The first kappa shape index (κ1) is 12.7. The summed E-state index contributed by atoms with van der Waals surface area (Å²) < 4.78 is 0. The third-order valence-corrected chi connectivity index (χ3v) is 2.71. The van der Waals surface area contributed by atoms with Crippen molar-refractivity contribution in [3.63, 3.8) is 0 Å². The van der Waals surface area contributed by atoms with Crippen LogP contribution >= 0.6 is 0 Å². The second-order valence-electron chi connectivity index (χ2n) is 5.00. The summed E-state index contributed by atoms with van der Waals surface area (Å²) in [5, 5.41) is 8.98. The molecule has 0 unspecified atom stereocenters. The first-order valence-electron chi connectivity index (χ1n) is 5.39. The maximum atomic E-state index is 10.9. The quantitative estimate of drug-likeness (QED) is 0.821. The van der Waals surface area contributed by atoms with Gasteiger partial charge in [0.05, 0.1) is 5.92 Å². The molecule has 0 bridgehead atoms. The number of benzene rings is 1. The molecule has 0 radical (unpaired) electrons. The van der Waals surface area contributed by atoms with Gasteiger partial charge in [-0.25, -0.2) is 0 Å². The molecular formula is C13H19NO2. The van der Waals surface area contributed by atoms with Gasteiger partial charge in [0.15, 0.2) is 0 Å². The zero-order valence-corrected chi connectivity index (χ0v) is 10.0. The normalized spacial score (nSPS) is 13.5. The molecular weight excluding hydrogens is 202 g/mol. The van der Waals surface area contributed by atoms with E-state index in [4.69, 9.17) is 10.8 Å². The van der Waals surface area contributed by atoms with Crippen LogP contribution < -0.4 is 5.73 Å². The SMILES string of the molecule is CC(C)(C)c1ccc([C@@H](CN)C(=O)O)cc1. The second-order valence-corrected chi connectivity index (χ2v) is 5.00. The number of rotatable bonds is 3. The lowest BCUT2D eigenvalue weighted by atomic mass is 9.85. The molecule has 3 N–H and O–H groups in total. The van der Waals surface area contributed by atoms with Crippen LogP contribution in [-0.4, -0.2) is 17.6 Å². The maximum Gasteiger partial charge on any atom is 0.312 e. The maximum absolute atomic E-state index is 10.9. The fraction of sp³-hybridized carbons (Fsp3) is 0.462. The molecule has 0 aromatic heterocycles. The summed E-state index contributed by atoms with van der Waals surface area (Å²) in [5.41, 5.74) is 7.49. The van der Waals surface area contributed by atoms with Crippen LogP contribution in [0, 0.1) is 0 Å². The van der Waals surface area contributed by atoms with E-state index in [9.17, 15) is 4.79 Å². The van der Waals surface area contributed by atoms with Crippen molar-refractivity contribution in [1.29, 1.82) is 0 Å². The van der Waals surface area contributed by atoms with Crippen LogP contribution in [0.15, 0.2) is 24.3 Å². The third kappa shape index (κ3) is 2.83. The Hall–Kier alpha value is -1.35. The van der Waals surface area contributed by atoms with E-state index in [1.165, 1.54) is 5.56 Å². The first-order valence-corrected chi connectivity index (χ1v) is 5.39. The topological polar surface area (TPSA) is 63.3 Å². The van der Waals surface area contributed by atoms with Gasteiger partial charge >= 0.3 is 5.97 Å². The fourth-order valence-electron chi connectivity index (χ4n) is 1.59. The zero-order valence-electron chi connectivity index (χ0n) is 10.0. The number of hydrogen-bond donors (Lipinski definition) is 2. The Balaban J connectivity index is 2.98. The van der Waals surface area contributed by atoms with Gasteiger partial charge < -0.3 is 10.8 Å². The Morgan fingerprint density at radius 2 is 1.81 bits per heavy atom. The number of aliphatic carboxylic acids is 1. The fourth-order valence-corrected chi connectivity index (χ4v) is 1.59. The van der Waals surface area contributed by atoms with Crippen LogP contribution in [0.2, 0.25) is 0 Å². The highest BCUT2D eigenvalue weighted by Gasteiger charge is 2.19. The van der Waals surface area contributed by atoms with E-state index in [0.29, 0.717) is 0 Å². The molecule has 0 aliphatic heterocycles. The van der Waals surface area contributed by atoms with E-state index in [1.807, 2.05) is 24.3 Å². The van der Waals surface area contributed by atoms with Crippen molar-refractivity contribution in [2.75, 3.05) is 6.54 Å². The highest BCUT2D eigenvalue weighted by Crippen LogP contribution is 2.24. The molecule has 0 aliphatic carbocycles. The van der Waals surface area contributed by atoms with Crippen molar-refractivity contribution in [2.45, 2.75) is 32.1 Å². The molecule has 1 rings (SSSR count). The molecule has 3 heteroatoms. The zero-order chi connectivity index (χ0) is 12.3. The highest BCUT2D eigenvalue weighted by atomic mass is 16.4. The Morgan fingerprint density at radius 3 is 2.12 bits per heavy atom. The summed E-state index contributed by atoms with van der Waals surface area (Å²) in [5.74, 6) is -1.47. The number of carboxylic acid groups (broad SMARTS) is 1. The van der Waals surface area contributed by atoms with E-state index < -0.39 is 11.9 Å². The molecule has 0 saturated carbocycles. The van der Waals surface area contributed by atoms with Gasteiger partial charge in [0, 0.05) is 6.54 Å². The summed E-state index contributed by atoms with van der Waals surface area (Å²) in [6.07, 6.45) is 0. The minimum Gasteiger partial charge on any atom is -0.481 e. The minimum atomic E-state index is -0.869. The van der Waals surface area contributed by atoms with Gasteiger partial charge in [-0.3, -0.25) is 4.79 Å². The largest absolute Gasteiger partial charge is 0.481 e. The smallest absolute Gasteiger partial charge is 0.312 e. The molecule has 0 amide bonds. The predicted octanol–water partition coefficient (Wildman–Crippen LogP) is 2.11. The van der Waals surface area contributed by atoms with E-state index in [1.54, 1.807) is 0 Å². The number of nitrogens with two attached hydrogens (primary N) is 1. The van der Waals surface area contributed by atoms with Gasteiger partial charge in [0.1, 0.15) is 0 Å². The summed E-state index contributed by atoms with van der Waals surface area (Å²) in [4.78, 5) is 10.9. The van der Waals surface area contributed by atoms with Crippen molar-refractivity contribution in [3.05, 3.63) is 35.4 Å². The lowest BCUT2D eigenvalue weighted by Gasteiger charge is -2.20. The van der Waals surface area contributed by atoms with Crippen molar-refractivity contribution in [3.8, 4) is 0 Å². The summed E-state index contributed by atoms with van der Waals surface area (Å²) in [6.45, 7) is 6.50. The lowest BCUT2D eigenvalue weighted by molar-refractivity contribution is -0.138. The van der Waals surface area contributed by atoms with Gasteiger partial charge in [0.2, 0.25) is 0 Å². The Bertz CT molecular complexity index is 363. The Morgan fingerprint density at radius 1 is 1.31 bits per heavy atom. The minimum absolute atomic E-state index is 0.0833. The molecule has 16 heavy (non-hydrogen) atoms. The molecule has 0 saturated heterocycles. The molecule has 1 aromatic rings. The van der Waals surface area contributed by atoms with Crippen LogP contribution in [0.25, 0.3) is 0 Å². The summed E-state index contributed by atoms with van der Waals surface area (Å²) in [7, 11) is 0. The van der Waals surface area contributed by atoms with E-state index in [0.717, 1.165) is 5.56 Å². The van der Waals surface area contributed by atoms with Gasteiger partial charge in [-0.05, 0) is 16.5 Å². The van der Waals surface area contributed by atoms with E-state index >= 15 is 0 Å². The summed E-state index contributed by atoms with van der Waals surface area (Å²) in [6, 6.07) is 7.65. The monoisotopic (exact) mass is 221 g/mol. The van der Waals surface area contributed by atoms with Crippen molar-refractivity contribution in [1.82, 2.24) is 0 Å².